The van der Waals surface area contributed by atoms with Gasteiger partial charge in [0.2, 0.25) is 0 Å². The number of nitrogens with two attached hydrogens (primary N) is 1. The molecular formula is C20H26N4. The highest BCUT2D eigenvalue weighted by atomic mass is 15.5. The zero-order valence-electron chi connectivity index (χ0n) is 15.4. The normalized spacial score (nSPS) is 12.8. The van der Waals surface area contributed by atoms with Crippen LogP contribution in [-0.4, -0.2) is 15.0 Å². The number of fused-ring (bicyclic) bond motifs is 1. The van der Waals surface area contributed by atoms with Gasteiger partial charge in [-0.1, -0.05) is 59.7 Å². The molecule has 3 aromatic rings. The summed E-state index contributed by atoms with van der Waals surface area (Å²) in [5.74, 6) is 0. The van der Waals surface area contributed by atoms with E-state index in [1.54, 1.807) is 4.80 Å². The average Bonchev–Trinajstić information content (AvgIpc) is 2.88. The molecule has 3 rings (SSSR count). The molecule has 24 heavy (non-hydrogen) atoms. The Morgan fingerprint density at radius 3 is 1.83 bits per heavy atom. The zero-order chi connectivity index (χ0) is 17.7. The molecule has 4 heteroatoms. The molecule has 2 N–H and O–H groups in total. The molecule has 0 bridgehead atoms. The van der Waals surface area contributed by atoms with E-state index in [4.69, 9.17) is 5.73 Å². The van der Waals surface area contributed by atoms with E-state index >= 15 is 0 Å². The summed E-state index contributed by atoms with van der Waals surface area (Å²) in [6.45, 7) is 13.2. The van der Waals surface area contributed by atoms with E-state index in [1.165, 1.54) is 5.56 Å². The molecule has 126 valence electrons. The van der Waals surface area contributed by atoms with E-state index in [-0.39, 0.29) is 10.8 Å². The second kappa shape index (κ2) is 5.33. The molecule has 0 saturated heterocycles. The molecule has 0 amide bonds. The molecule has 0 unspecified atom stereocenters. The number of nitrogen functional groups attached to an aromatic ring is 1. The van der Waals surface area contributed by atoms with Crippen LogP contribution in [0.3, 0.4) is 0 Å². The van der Waals surface area contributed by atoms with Crippen molar-refractivity contribution >= 4 is 16.7 Å². The highest BCUT2D eigenvalue weighted by molar-refractivity contribution is 5.74. The van der Waals surface area contributed by atoms with Gasteiger partial charge in [0.05, 0.1) is 5.69 Å². The second-order valence-electron chi connectivity index (χ2n) is 8.43. The third-order valence-electron chi connectivity index (χ3n) is 4.33. The summed E-state index contributed by atoms with van der Waals surface area (Å²) in [6.07, 6.45) is 0. The molecule has 0 aliphatic heterocycles. The molecule has 1 heterocycles. The SMILES string of the molecule is CC(C)(C)c1cc(-n2nc3ccccc3n2)c(N)c(C(C)(C)C)c1. The van der Waals surface area contributed by atoms with Gasteiger partial charge in [-0.3, -0.25) is 0 Å². The van der Waals surface area contributed by atoms with Gasteiger partial charge in [-0.2, -0.15) is 0 Å². The molecule has 0 atom stereocenters. The molecule has 0 aliphatic carbocycles. The summed E-state index contributed by atoms with van der Waals surface area (Å²) >= 11 is 0. The van der Waals surface area contributed by atoms with Gasteiger partial charge in [-0.25, -0.2) is 0 Å². The molecule has 1 aromatic heterocycles. The van der Waals surface area contributed by atoms with Crippen molar-refractivity contribution in [2.75, 3.05) is 5.73 Å². The van der Waals surface area contributed by atoms with Crippen LogP contribution in [0.2, 0.25) is 0 Å². The molecule has 4 nitrogen and oxygen atoms in total. The minimum absolute atomic E-state index is 0.0228. The van der Waals surface area contributed by atoms with Crippen molar-refractivity contribution in [3.63, 3.8) is 0 Å². The Balaban J connectivity index is 2.30. The summed E-state index contributed by atoms with van der Waals surface area (Å²) in [5.41, 5.74) is 12.2. The van der Waals surface area contributed by atoms with E-state index in [0.29, 0.717) is 0 Å². The van der Waals surface area contributed by atoms with Crippen LogP contribution in [0.15, 0.2) is 36.4 Å². The van der Waals surface area contributed by atoms with Gasteiger partial charge in [0, 0.05) is 0 Å². The van der Waals surface area contributed by atoms with Gasteiger partial charge in [-0.05, 0) is 40.2 Å². The first kappa shape index (κ1) is 16.5. The lowest BCUT2D eigenvalue weighted by atomic mass is 9.79. The van der Waals surface area contributed by atoms with Crippen molar-refractivity contribution in [3.8, 4) is 5.69 Å². The van der Waals surface area contributed by atoms with Crippen molar-refractivity contribution in [1.82, 2.24) is 15.0 Å². The van der Waals surface area contributed by atoms with Crippen molar-refractivity contribution in [3.05, 3.63) is 47.5 Å². The lowest BCUT2D eigenvalue weighted by molar-refractivity contribution is 0.568. The first-order chi connectivity index (χ1) is 11.1. The number of rotatable bonds is 1. The van der Waals surface area contributed by atoms with E-state index in [1.807, 2.05) is 24.3 Å². The number of anilines is 1. The summed E-state index contributed by atoms with van der Waals surface area (Å²) < 4.78 is 0. The smallest absolute Gasteiger partial charge is 0.113 e. The Morgan fingerprint density at radius 2 is 1.38 bits per heavy atom. The van der Waals surface area contributed by atoms with Crippen molar-refractivity contribution < 1.29 is 0 Å². The third-order valence-corrected chi connectivity index (χ3v) is 4.33. The molecule has 0 saturated carbocycles. The van der Waals surface area contributed by atoms with Gasteiger partial charge in [0.25, 0.3) is 0 Å². The Morgan fingerprint density at radius 1 is 0.833 bits per heavy atom. The number of aromatic nitrogens is 3. The molecule has 0 radical (unpaired) electrons. The Bertz CT molecular complexity index is 859. The Kier molecular flexibility index (Phi) is 3.67. The highest BCUT2D eigenvalue weighted by Crippen LogP contribution is 2.36. The van der Waals surface area contributed by atoms with Gasteiger partial charge in [0.1, 0.15) is 16.7 Å². The summed E-state index contributed by atoms with van der Waals surface area (Å²) in [7, 11) is 0. The predicted molar refractivity (Wildman–Crippen MR) is 101 cm³/mol. The second-order valence-corrected chi connectivity index (χ2v) is 8.43. The van der Waals surface area contributed by atoms with Gasteiger partial charge in [-0.15, -0.1) is 15.0 Å². The van der Waals surface area contributed by atoms with Crippen molar-refractivity contribution in [2.24, 2.45) is 0 Å². The lowest BCUT2D eigenvalue weighted by Gasteiger charge is -2.27. The zero-order valence-corrected chi connectivity index (χ0v) is 15.4. The minimum atomic E-state index is -0.0489. The fraction of sp³-hybridized carbons (Fsp3) is 0.400. The summed E-state index contributed by atoms with van der Waals surface area (Å²) in [4.78, 5) is 1.67. The third kappa shape index (κ3) is 2.88. The van der Waals surface area contributed by atoms with Gasteiger partial charge in [0.15, 0.2) is 0 Å². The van der Waals surface area contributed by atoms with Crippen LogP contribution in [-0.2, 0) is 10.8 Å². The lowest BCUT2D eigenvalue weighted by Crippen LogP contribution is -2.20. The topological polar surface area (TPSA) is 56.7 Å². The van der Waals surface area contributed by atoms with Gasteiger partial charge >= 0.3 is 0 Å². The number of nitrogens with zero attached hydrogens (tertiary/aromatic N) is 3. The first-order valence-corrected chi connectivity index (χ1v) is 8.34. The maximum absolute atomic E-state index is 6.53. The predicted octanol–water partition coefficient (Wildman–Crippen LogP) is 4.60. The van der Waals surface area contributed by atoms with E-state index in [9.17, 15) is 0 Å². The van der Waals surface area contributed by atoms with Crippen LogP contribution >= 0.6 is 0 Å². The minimum Gasteiger partial charge on any atom is -0.397 e. The molecule has 0 spiro atoms. The maximum atomic E-state index is 6.53. The molecular weight excluding hydrogens is 296 g/mol. The largest absolute Gasteiger partial charge is 0.397 e. The van der Waals surface area contributed by atoms with Crippen molar-refractivity contribution in [1.29, 1.82) is 0 Å². The van der Waals surface area contributed by atoms with E-state index in [2.05, 4.69) is 63.9 Å². The van der Waals surface area contributed by atoms with Crippen LogP contribution < -0.4 is 5.73 Å². The summed E-state index contributed by atoms with van der Waals surface area (Å²) in [6, 6.07) is 12.2. The Hall–Kier alpha value is -2.36. The Labute approximate surface area is 143 Å². The maximum Gasteiger partial charge on any atom is 0.113 e. The quantitative estimate of drug-likeness (QED) is 0.666. The monoisotopic (exact) mass is 322 g/mol. The number of hydrogen-bond donors (Lipinski definition) is 1. The van der Waals surface area contributed by atoms with Crippen LogP contribution in [0.1, 0.15) is 52.7 Å². The standard InChI is InChI=1S/C20H26N4/c1-19(2,3)13-11-14(20(4,5)6)18(21)17(12-13)24-22-15-9-7-8-10-16(15)23-24/h7-12H,21H2,1-6H3. The van der Waals surface area contributed by atoms with E-state index < -0.39 is 0 Å². The summed E-state index contributed by atoms with van der Waals surface area (Å²) in [5, 5.41) is 9.23. The van der Waals surface area contributed by atoms with Crippen LogP contribution in [0.4, 0.5) is 5.69 Å². The van der Waals surface area contributed by atoms with Crippen LogP contribution in [0.25, 0.3) is 16.7 Å². The average molecular weight is 322 g/mol. The number of hydrogen-bond acceptors (Lipinski definition) is 3. The van der Waals surface area contributed by atoms with Crippen LogP contribution in [0, 0.1) is 0 Å². The van der Waals surface area contributed by atoms with Crippen molar-refractivity contribution in [2.45, 2.75) is 52.4 Å². The number of benzene rings is 2. The fourth-order valence-corrected chi connectivity index (χ4v) is 2.82. The fourth-order valence-electron chi connectivity index (χ4n) is 2.82. The van der Waals surface area contributed by atoms with E-state index in [0.717, 1.165) is 28.0 Å². The molecule has 2 aromatic carbocycles. The molecule has 0 aliphatic rings. The highest BCUT2D eigenvalue weighted by Gasteiger charge is 2.25. The molecule has 0 fully saturated rings. The van der Waals surface area contributed by atoms with Crippen LogP contribution in [0.5, 0.6) is 0 Å². The van der Waals surface area contributed by atoms with Gasteiger partial charge < -0.3 is 5.73 Å². The first-order valence-electron chi connectivity index (χ1n) is 8.34.